The van der Waals surface area contributed by atoms with Crippen molar-refractivity contribution in [2.75, 3.05) is 14.2 Å². The Labute approximate surface area is 156 Å². The summed E-state index contributed by atoms with van der Waals surface area (Å²) in [6.45, 7) is 0. The summed E-state index contributed by atoms with van der Waals surface area (Å²) in [5.41, 5.74) is 3.21. The molecule has 0 spiro atoms. The Hall–Kier alpha value is -2.79. The predicted octanol–water partition coefficient (Wildman–Crippen LogP) is 4.33. The largest absolute Gasteiger partial charge is 0.493 e. The molecule has 26 heavy (non-hydrogen) atoms. The van der Waals surface area contributed by atoms with Crippen LogP contribution in [0.25, 0.3) is 5.57 Å². The summed E-state index contributed by atoms with van der Waals surface area (Å²) >= 11 is 5.97. The quantitative estimate of drug-likeness (QED) is 0.810. The highest BCUT2D eigenvalue weighted by Gasteiger charge is 2.33. The molecular weight excluding hydrogens is 352 g/mol. The fraction of sp³-hybridized carbons (Fsp3) is 0.200. The Kier molecular flexibility index (Phi) is 4.17. The molecular formula is C20H17ClN2O3. The lowest BCUT2D eigenvalue weighted by molar-refractivity contribution is 0.0817. The molecule has 6 heteroatoms. The van der Waals surface area contributed by atoms with Crippen LogP contribution in [0.15, 0.2) is 47.6 Å². The molecule has 5 nitrogen and oxygen atoms in total. The molecule has 0 saturated heterocycles. The molecule has 0 bridgehead atoms. The second-order valence-electron chi connectivity index (χ2n) is 6.15. The third-order valence-corrected chi connectivity index (χ3v) is 4.90. The number of carbonyl (C=O) groups is 1. The Morgan fingerprint density at radius 3 is 2.50 bits per heavy atom. The number of aliphatic imine (C=N–C) groups is 1. The summed E-state index contributed by atoms with van der Waals surface area (Å²) in [5.74, 6) is 0.956. The Morgan fingerprint density at radius 2 is 1.81 bits per heavy atom. The van der Waals surface area contributed by atoms with E-state index in [1.165, 1.54) is 0 Å². The minimum absolute atomic E-state index is 0.104. The van der Waals surface area contributed by atoms with Crippen molar-refractivity contribution in [3.63, 3.8) is 0 Å². The number of hydrogen-bond donors (Lipinski definition) is 0. The maximum atomic E-state index is 13.1. The zero-order valence-electron chi connectivity index (χ0n) is 14.4. The van der Waals surface area contributed by atoms with E-state index in [-0.39, 0.29) is 11.9 Å². The van der Waals surface area contributed by atoms with E-state index in [1.54, 1.807) is 31.3 Å². The molecule has 0 aromatic heterocycles. The molecule has 2 heterocycles. The van der Waals surface area contributed by atoms with Crippen molar-refractivity contribution in [2.45, 2.75) is 12.5 Å². The van der Waals surface area contributed by atoms with Gasteiger partial charge in [-0.1, -0.05) is 23.7 Å². The van der Waals surface area contributed by atoms with Crippen molar-refractivity contribution < 1.29 is 14.3 Å². The fourth-order valence-corrected chi connectivity index (χ4v) is 3.41. The van der Waals surface area contributed by atoms with Crippen LogP contribution in [0, 0.1) is 0 Å². The molecule has 1 amide bonds. The number of nitrogens with zero attached hydrogens (tertiary/aromatic N) is 2. The molecule has 132 valence electrons. The minimum atomic E-state index is -0.113. The lowest BCUT2D eigenvalue weighted by Crippen LogP contribution is -2.32. The summed E-state index contributed by atoms with van der Waals surface area (Å²) in [5, 5.41) is 0.689. The van der Waals surface area contributed by atoms with Crippen molar-refractivity contribution in [3.05, 3.63) is 58.7 Å². The monoisotopic (exact) mass is 368 g/mol. The first-order valence-electron chi connectivity index (χ1n) is 8.20. The highest BCUT2D eigenvalue weighted by atomic mass is 35.5. The van der Waals surface area contributed by atoms with Gasteiger partial charge in [-0.05, 0) is 29.3 Å². The normalized spacial score (nSPS) is 18.1. The molecule has 2 aliphatic rings. The first kappa shape index (κ1) is 16.7. The number of halogens is 1. The number of benzene rings is 2. The molecule has 0 aliphatic carbocycles. The molecule has 4 rings (SSSR count). The summed E-state index contributed by atoms with van der Waals surface area (Å²) in [4.78, 5) is 19.4. The molecule has 1 atom stereocenters. The van der Waals surface area contributed by atoms with E-state index in [4.69, 9.17) is 21.1 Å². The highest BCUT2D eigenvalue weighted by Crippen LogP contribution is 2.39. The molecule has 0 N–H and O–H groups in total. The van der Waals surface area contributed by atoms with Crippen LogP contribution in [-0.4, -0.2) is 37.3 Å². The van der Waals surface area contributed by atoms with Crippen molar-refractivity contribution in [3.8, 4) is 11.5 Å². The number of hydrogen-bond acceptors (Lipinski definition) is 4. The van der Waals surface area contributed by atoms with Crippen LogP contribution >= 0.6 is 11.6 Å². The zero-order valence-corrected chi connectivity index (χ0v) is 15.2. The maximum Gasteiger partial charge on any atom is 0.260 e. The summed E-state index contributed by atoms with van der Waals surface area (Å²) in [7, 11) is 3.11. The van der Waals surface area contributed by atoms with E-state index in [9.17, 15) is 4.79 Å². The smallest absolute Gasteiger partial charge is 0.260 e. The Morgan fingerprint density at radius 1 is 1.12 bits per heavy atom. The number of fused-ring (bicyclic) bond motifs is 2. The molecule has 2 aromatic carbocycles. The van der Waals surface area contributed by atoms with E-state index in [0.717, 1.165) is 11.1 Å². The van der Waals surface area contributed by atoms with E-state index in [0.29, 0.717) is 34.2 Å². The summed E-state index contributed by atoms with van der Waals surface area (Å²) in [6, 6.07) is 10.9. The molecule has 0 unspecified atom stereocenters. The number of amides is 1. The van der Waals surface area contributed by atoms with Crippen LogP contribution in [0.4, 0.5) is 5.69 Å². The lowest BCUT2D eigenvalue weighted by atomic mass is 10.0. The third kappa shape index (κ3) is 2.74. The first-order valence-corrected chi connectivity index (χ1v) is 8.58. The van der Waals surface area contributed by atoms with E-state index >= 15 is 0 Å². The van der Waals surface area contributed by atoms with Crippen LogP contribution < -0.4 is 9.47 Å². The summed E-state index contributed by atoms with van der Waals surface area (Å²) < 4.78 is 10.6. The number of rotatable bonds is 3. The zero-order chi connectivity index (χ0) is 18.3. The van der Waals surface area contributed by atoms with E-state index in [2.05, 4.69) is 4.99 Å². The second kappa shape index (κ2) is 6.50. The van der Waals surface area contributed by atoms with Crippen molar-refractivity contribution in [2.24, 2.45) is 4.99 Å². The predicted molar refractivity (Wildman–Crippen MR) is 102 cm³/mol. The fourth-order valence-electron chi connectivity index (χ4n) is 3.28. The molecule has 0 fully saturated rings. The van der Waals surface area contributed by atoms with Crippen molar-refractivity contribution >= 4 is 35.0 Å². The van der Waals surface area contributed by atoms with Gasteiger partial charge in [0.05, 0.1) is 31.5 Å². The Balaban J connectivity index is 1.73. The van der Waals surface area contributed by atoms with Gasteiger partial charge < -0.3 is 14.4 Å². The van der Waals surface area contributed by atoms with Crippen LogP contribution in [0.3, 0.4) is 0 Å². The number of carbonyl (C=O) groups excluding carboxylic acids is 1. The number of methoxy groups -OCH3 is 2. The lowest BCUT2D eigenvalue weighted by Gasteiger charge is -2.18. The molecule has 2 aliphatic heterocycles. The van der Waals surface area contributed by atoms with Crippen LogP contribution in [0.1, 0.15) is 22.3 Å². The van der Waals surface area contributed by atoms with Gasteiger partial charge in [0, 0.05) is 29.9 Å². The van der Waals surface area contributed by atoms with Gasteiger partial charge in [0.2, 0.25) is 0 Å². The van der Waals surface area contributed by atoms with Crippen molar-refractivity contribution in [1.82, 2.24) is 4.90 Å². The number of ether oxygens (including phenoxy) is 2. The SMILES string of the molecule is COc1cc2c(cc1OC)C(=O)N1C=C(c3ccc(Cl)cc3)C[C@H]1C=N2. The van der Waals surface area contributed by atoms with Crippen molar-refractivity contribution in [1.29, 1.82) is 0 Å². The van der Waals surface area contributed by atoms with Gasteiger partial charge in [0.1, 0.15) is 0 Å². The summed E-state index contributed by atoms with van der Waals surface area (Å²) in [6.07, 6.45) is 4.42. The molecule has 0 saturated carbocycles. The van der Waals surface area contributed by atoms with Gasteiger partial charge in [0.25, 0.3) is 5.91 Å². The van der Waals surface area contributed by atoms with Gasteiger partial charge in [-0.2, -0.15) is 0 Å². The topological polar surface area (TPSA) is 51.1 Å². The average molecular weight is 369 g/mol. The first-order chi connectivity index (χ1) is 12.6. The molecule has 2 aromatic rings. The van der Waals surface area contributed by atoms with E-state index < -0.39 is 0 Å². The second-order valence-corrected chi connectivity index (χ2v) is 6.58. The van der Waals surface area contributed by atoms with Gasteiger partial charge >= 0.3 is 0 Å². The van der Waals surface area contributed by atoms with Gasteiger partial charge in [-0.25, -0.2) is 0 Å². The van der Waals surface area contributed by atoms with Crippen LogP contribution in [0.5, 0.6) is 11.5 Å². The standard InChI is InChI=1S/C20H17ClN2O3/c1-25-18-8-16-17(9-19(18)26-2)22-10-15-7-13(11-23(15)20(16)24)12-3-5-14(21)6-4-12/h3-6,8-11,15H,7H2,1-2H3/t15-/m0/s1. The van der Waals surface area contributed by atoms with Crippen LogP contribution in [-0.2, 0) is 0 Å². The highest BCUT2D eigenvalue weighted by molar-refractivity contribution is 6.30. The minimum Gasteiger partial charge on any atom is -0.493 e. The molecule has 0 radical (unpaired) electrons. The van der Waals surface area contributed by atoms with E-state index in [1.807, 2.05) is 36.7 Å². The van der Waals surface area contributed by atoms with Gasteiger partial charge in [0.15, 0.2) is 11.5 Å². The average Bonchev–Trinajstić information content (AvgIpc) is 3.05. The third-order valence-electron chi connectivity index (χ3n) is 4.65. The van der Waals surface area contributed by atoms with Gasteiger partial charge in [-0.15, -0.1) is 0 Å². The van der Waals surface area contributed by atoms with Crippen LogP contribution in [0.2, 0.25) is 5.02 Å². The Bertz CT molecular complexity index is 935. The maximum absolute atomic E-state index is 13.1. The van der Waals surface area contributed by atoms with Gasteiger partial charge in [-0.3, -0.25) is 9.79 Å².